The van der Waals surface area contributed by atoms with Gasteiger partial charge in [0.2, 0.25) is 0 Å². The van der Waals surface area contributed by atoms with E-state index in [4.69, 9.17) is 9.84 Å². The molecule has 0 aliphatic heterocycles. The Morgan fingerprint density at radius 3 is 2.56 bits per heavy atom. The van der Waals surface area contributed by atoms with Crippen molar-refractivity contribution < 1.29 is 24.2 Å². The Kier molecular flexibility index (Phi) is 5.31. The highest BCUT2D eigenvalue weighted by Gasteiger charge is 2.30. The van der Waals surface area contributed by atoms with Crippen molar-refractivity contribution in [2.75, 3.05) is 6.61 Å². The average Bonchev–Trinajstić information content (AvgIpc) is 2.23. The number of carboxylic acid groups (broad SMARTS) is 1. The summed E-state index contributed by atoms with van der Waals surface area (Å²) < 4.78 is 5.32. The standard InChI is InChI=1S/C11H16N2O5/c1-2-18-8-5-7(6-8)12-11(17)13-9(14)3-4-10(15)16/h3-4,7-8H,2,5-6H2,1H3,(H,15,16)(H2,12,13,14,17)/b4-3+. The zero-order valence-electron chi connectivity index (χ0n) is 10.0. The van der Waals surface area contributed by atoms with Gasteiger partial charge in [0, 0.05) is 24.8 Å². The summed E-state index contributed by atoms with van der Waals surface area (Å²) in [7, 11) is 0. The van der Waals surface area contributed by atoms with E-state index in [2.05, 4.69) is 5.32 Å². The van der Waals surface area contributed by atoms with E-state index < -0.39 is 17.9 Å². The van der Waals surface area contributed by atoms with Crippen LogP contribution in [0.25, 0.3) is 0 Å². The molecule has 0 unspecified atom stereocenters. The third-order valence-electron chi connectivity index (χ3n) is 2.45. The molecule has 0 atom stereocenters. The lowest BCUT2D eigenvalue weighted by atomic mass is 9.89. The average molecular weight is 256 g/mol. The second kappa shape index (κ2) is 6.75. The van der Waals surface area contributed by atoms with Crippen molar-refractivity contribution in [2.24, 2.45) is 0 Å². The first kappa shape index (κ1) is 14.2. The highest BCUT2D eigenvalue weighted by Crippen LogP contribution is 2.22. The van der Waals surface area contributed by atoms with E-state index in [9.17, 15) is 14.4 Å². The van der Waals surface area contributed by atoms with E-state index in [1.165, 1.54) is 0 Å². The second-order valence-corrected chi connectivity index (χ2v) is 3.88. The Morgan fingerprint density at radius 2 is 2.00 bits per heavy atom. The van der Waals surface area contributed by atoms with Gasteiger partial charge in [-0.2, -0.15) is 0 Å². The van der Waals surface area contributed by atoms with Crippen LogP contribution in [0.1, 0.15) is 19.8 Å². The van der Waals surface area contributed by atoms with Gasteiger partial charge in [-0.05, 0) is 19.8 Å². The van der Waals surface area contributed by atoms with Gasteiger partial charge in [0.1, 0.15) is 0 Å². The molecule has 0 radical (unpaired) electrons. The number of aliphatic carboxylic acids is 1. The predicted molar refractivity (Wildman–Crippen MR) is 61.9 cm³/mol. The number of rotatable bonds is 5. The number of imide groups is 1. The number of urea groups is 1. The third-order valence-corrected chi connectivity index (χ3v) is 2.45. The normalized spacial score (nSPS) is 22.3. The van der Waals surface area contributed by atoms with E-state index in [0.29, 0.717) is 12.7 Å². The van der Waals surface area contributed by atoms with Crippen LogP contribution >= 0.6 is 0 Å². The first-order valence-electron chi connectivity index (χ1n) is 5.65. The molecule has 1 aliphatic rings. The van der Waals surface area contributed by atoms with Gasteiger partial charge in [0.15, 0.2) is 0 Å². The first-order chi connectivity index (χ1) is 8.51. The Hall–Kier alpha value is -1.89. The largest absolute Gasteiger partial charge is 0.478 e. The summed E-state index contributed by atoms with van der Waals surface area (Å²) in [6.45, 7) is 2.54. The van der Waals surface area contributed by atoms with Crippen LogP contribution < -0.4 is 10.6 Å². The Labute approximate surface area is 104 Å². The fraction of sp³-hybridized carbons (Fsp3) is 0.545. The van der Waals surface area contributed by atoms with Gasteiger partial charge in [-0.25, -0.2) is 9.59 Å². The number of carboxylic acids is 1. The van der Waals surface area contributed by atoms with Crippen molar-refractivity contribution in [2.45, 2.75) is 31.9 Å². The number of hydrogen-bond donors (Lipinski definition) is 3. The molecule has 18 heavy (non-hydrogen) atoms. The molecule has 0 spiro atoms. The third kappa shape index (κ3) is 4.96. The zero-order valence-corrected chi connectivity index (χ0v) is 10.0. The summed E-state index contributed by atoms with van der Waals surface area (Å²) in [5.74, 6) is -2.01. The van der Waals surface area contributed by atoms with Crippen LogP contribution in [0, 0.1) is 0 Å². The van der Waals surface area contributed by atoms with Crippen molar-refractivity contribution >= 4 is 17.9 Å². The fourth-order valence-corrected chi connectivity index (χ4v) is 1.58. The lowest BCUT2D eigenvalue weighted by Gasteiger charge is -2.35. The van der Waals surface area contributed by atoms with Gasteiger partial charge in [-0.1, -0.05) is 0 Å². The molecule has 0 saturated heterocycles. The van der Waals surface area contributed by atoms with E-state index in [1.54, 1.807) is 0 Å². The maximum atomic E-state index is 11.3. The molecule has 1 rings (SSSR count). The van der Waals surface area contributed by atoms with Crippen LogP contribution in [0.15, 0.2) is 12.2 Å². The van der Waals surface area contributed by atoms with Crippen LogP contribution in [0.3, 0.4) is 0 Å². The molecule has 100 valence electrons. The Morgan fingerprint density at radius 1 is 1.33 bits per heavy atom. The van der Waals surface area contributed by atoms with Crippen LogP contribution in [-0.4, -0.2) is 41.8 Å². The molecule has 1 aliphatic carbocycles. The van der Waals surface area contributed by atoms with Gasteiger partial charge in [-0.15, -0.1) is 0 Å². The topological polar surface area (TPSA) is 105 Å². The molecule has 7 heteroatoms. The number of nitrogens with one attached hydrogen (secondary N) is 2. The maximum absolute atomic E-state index is 11.3. The van der Waals surface area contributed by atoms with E-state index in [-0.39, 0.29) is 12.1 Å². The van der Waals surface area contributed by atoms with Crippen LogP contribution in [0.2, 0.25) is 0 Å². The molecule has 7 nitrogen and oxygen atoms in total. The van der Waals surface area contributed by atoms with Crippen LogP contribution in [-0.2, 0) is 14.3 Å². The van der Waals surface area contributed by atoms with Gasteiger partial charge < -0.3 is 15.2 Å². The molecule has 0 aromatic rings. The minimum Gasteiger partial charge on any atom is -0.478 e. The molecular formula is C11H16N2O5. The maximum Gasteiger partial charge on any atom is 0.328 e. The van der Waals surface area contributed by atoms with Gasteiger partial charge in [-0.3, -0.25) is 10.1 Å². The molecule has 3 N–H and O–H groups in total. The monoisotopic (exact) mass is 256 g/mol. The highest BCUT2D eigenvalue weighted by molar-refractivity contribution is 6.02. The SMILES string of the molecule is CCOC1CC(NC(=O)NC(=O)/C=C/C(=O)O)C1. The second-order valence-electron chi connectivity index (χ2n) is 3.88. The molecule has 0 heterocycles. The number of hydrogen-bond acceptors (Lipinski definition) is 4. The molecule has 1 saturated carbocycles. The smallest absolute Gasteiger partial charge is 0.328 e. The molecule has 0 bridgehead atoms. The van der Waals surface area contributed by atoms with Gasteiger partial charge in [0.25, 0.3) is 5.91 Å². The summed E-state index contributed by atoms with van der Waals surface area (Å²) in [6, 6.07) is -0.632. The number of carbonyl (C=O) groups excluding carboxylic acids is 2. The highest BCUT2D eigenvalue weighted by atomic mass is 16.5. The quantitative estimate of drug-likeness (QED) is 0.601. The Balaban J connectivity index is 2.19. The fourth-order valence-electron chi connectivity index (χ4n) is 1.58. The molecule has 0 aromatic carbocycles. The van der Waals surface area contributed by atoms with E-state index in [0.717, 1.165) is 18.9 Å². The van der Waals surface area contributed by atoms with Crippen molar-refractivity contribution in [1.82, 2.24) is 10.6 Å². The van der Waals surface area contributed by atoms with E-state index in [1.807, 2.05) is 12.2 Å². The summed E-state index contributed by atoms with van der Waals surface area (Å²) in [5.41, 5.74) is 0. The minimum absolute atomic E-state index is 0.00203. The van der Waals surface area contributed by atoms with Crippen molar-refractivity contribution in [3.05, 3.63) is 12.2 Å². The molecular weight excluding hydrogens is 240 g/mol. The molecule has 1 fully saturated rings. The van der Waals surface area contributed by atoms with Crippen molar-refractivity contribution in [3.8, 4) is 0 Å². The lowest BCUT2D eigenvalue weighted by Crippen LogP contribution is -2.51. The first-order valence-corrected chi connectivity index (χ1v) is 5.65. The summed E-state index contributed by atoms with van der Waals surface area (Å²) >= 11 is 0. The Bertz CT molecular complexity index is 360. The van der Waals surface area contributed by atoms with Crippen molar-refractivity contribution in [3.63, 3.8) is 0 Å². The van der Waals surface area contributed by atoms with Gasteiger partial charge >= 0.3 is 12.0 Å². The lowest BCUT2D eigenvalue weighted by molar-refractivity contribution is -0.131. The summed E-state index contributed by atoms with van der Waals surface area (Å²) in [5, 5.41) is 12.9. The molecule has 3 amide bonds. The van der Waals surface area contributed by atoms with Crippen LogP contribution in [0.4, 0.5) is 4.79 Å². The number of ether oxygens (including phenoxy) is 1. The van der Waals surface area contributed by atoms with E-state index >= 15 is 0 Å². The summed E-state index contributed by atoms with van der Waals surface area (Å²) in [6.07, 6.45) is 3.06. The molecule has 0 aromatic heterocycles. The predicted octanol–water partition coefficient (Wildman–Crippen LogP) is 0.0205. The number of amides is 3. The van der Waals surface area contributed by atoms with Gasteiger partial charge in [0.05, 0.1) is 6.10 Å². The summed E-state index contributed by atoms with van der Waals surface area (Å²) in [4.78, 5) is 32.5. The minimum atomic E-state index is -1.25. The number of carbonyl (C=O) groups is 3. The van der Waals surface area contributed by atoms with Crippen molar-refractivity contribution in [1.29, 1.82) is 0 Å². The zero-order chi connectivity index (χ0) is 13.5. The van der Waals surface area contributed by atoms with Crippen LogP contribution in [0.5, 0.6) is 0 Å².